The zero-order valence-corrected chi connectivity index (χ0v) is 11.0. The van der Waals surface area contributed by atoms with Crippen LogP contribution in [0.2, 0.25) is 0 Å². The van der Waals surface area contributed by atoms with E-state index in [9.17, 15) is 4.79 Å². The van der Waals surface area contributed by atoms with Gasteiger partial charge in [-0.05, 0) is 33.6 Å². The molecule has 0 aromatic heterocycles. The minimum atomic E-state index is -0.402. The van der Waals surface area contributed by atoms with Gasteiger partial charge in [0, 0.05) is 7.11 Å². The Kier molecular flexibility index (Phi) is 4.36. The van der Waals surface area contributed by atoms with Crippen LogP contribution in [0.4, 0.5) is 0 Å². The molecule has 0 aromatic carbocycles. The monoisotopic (exact) mass is 228 g/mol. The van der Waals surface area contributed by atoms with Crippen LogP contribution in [0, 0.1) is 0 Å². The van der Waals surface area contributed by atoms with Gasteiger partial charge in [0.25, 0.3) is 0 Å². The Bertz CT molecular complexity index is 234. The maximum absolute atomic E-state index is 11.8. The standard InChI is InChI=1S/C13H24O3/c1-12(2,3)16-11(14)10-13(15-4)8-6-5-7-9-13/h5-10H2,1-4H3. The van der Waals surface area contributed by atoms with Gasteiger partial charge < -0.3 is 9.47 Å². The average Bonchev–Trinajstić information content (AvgIpc) is 2.16. The number of carbonyl (C=O) groups is 1. The quantitative estimate of drug-likeness (QED) is 0.696. The van der Waals surface area contributed by atoms with Crippen LogP contribution in [0.1, 0.15) is 59.3 Å². The van der Waals surface area contributed by atoms with Gasteiger partial charge in [0.2, 0.25) is 0 Å². The minimum Gasteiger partial charge on any atom is -0.460 e. The van der Waals surface area contributed by atoms with Gasteiger partial charge in [0.05, 0.1) is 12.0 Å². The Morgan fingerprint density at radius 1 is 1.19 bits per heavy atom. The molecule has 0 bridgehead atoms. The number of carbonyl (C=O) groups excluding carboxylic acids is 1. The Morgan fingerprint density at radius 3 is 2.19 bits per heavy atom. The summed E-state index contributed by atoms with van der Waals surface area (Å²) in [5.74, 6) is -0.142. The molecule has 0 aliphatic heterocycles. The van der Waals surface area contributed by atoms with E-state index in [1.54, 1.807) is 7.11 Å². The molecule has 1 aliphatic carbocycles. The van der Waals surface area contributed by atoms with E-state index in [0.717, 1.165) is 25.7 Å². The molecule has 16 heavy (non-hydrogen) atoms. The molecular weight excluding hydrogens is 204 g/mol. The van der Waals surface area contributed by atoms with Crippen molar-refractivity contribution in [3.05, 3.63) is 0 Å². The molecule has 0 heterocycles. The lowest BCUT2D eigenvalue weighted by Gasteiger charge is -2.35. The van der Waals surface area contributed by atoms with Crippen molar-refractivity contribution in [1.29, 1.82) is 0 Å². The number of hydrogen-bond donors (Lipinski definition) is 0. The van der Waals surface area contributed by atoms with E-state index < -0.39 is 5.60 Å². The summed E-state index contributed by atoms with van der Waals surface area (Å²) in [6.07, 6.45) is 5.89. The summed E-state index contributed by atoms with van der Waals surface area (Å²) >= 11 is 0. The van der Waals surface area contributed by atoms with Gasteiger partial charge in [0.15, 0.2) is 0 Å². The van der Waals surface area contributed by atoms with Gasteiger partial charge in [0.1, 0.15) is 5.60 Å². The summed E-state index contributed by atoms with van der Waals surface area (Å²) in [5, 5.41) is 0. The Balaban J connectivity index is 2.52. The molecule has 3 heteroatoms. The summed E-state index contributed by atoms with van der Waals surface area (Å²) in [6, 6.07) is 0. The van der Waals surface area contributed by atoms with E-state index in [2.05, 4.69) is 0 Å². The van der Waals surface area contributed by atoms with Crippen LogP contribution in [0.25, 0.3) is 0 Å². The normalized spacial score (nSPS) is 20.5. The Labute approximate surface area is 98.5 Å². The summed E-state index contributed by atoms with van der Waals surface area (Å²) in [5.41, 5.74) is -0.665. The van der Waals surface area contributed by atoms with Gasteiger partial charge in [-0.25, -0.2) is 0 Å². The van der Waals surface area contributed by atoms with Crippen molar-refractivity contribution in [2.45, 2.75) is 70.5 Å². The van der Waals surface area contributed by atoms with Crippen LogP contribution < -0.4 is 0 Å². The maximum atomic E-state index is 11.8. The number of methoxy groups -OCH3 is 1. The minimum absolute atomic E-state index is 0.142. The summed E-state index contributed by atoms with van der Waals surface area (Å²) < 4.78 is 10.9. The first-order chi connectivity index (χ1) is 7.37. The molecule has 0 N–H and O–H groups in total. The highest BCUT2D eigenvalue weighted by Gasteiger charge is 2.35. The molecule has 0 amide bonds. The Morgan fingerprint density at radius 2 is 1.75 bits per heavy atom. The van der Waals surface area contributed by atoms with Crippen molar-refractivity contribution in [2.24, 2.45) is 0 Å². The lowest BCUT2D eigenvalue weighted by atomic mass is 9.82. The molecule has 0 atom stereocenters. The summed E-state index contributed by atoms with van der Waals surface area (Å²) in [6.45, 7) is 5.68. The van der Waals surface area contributed by atoms with E-state index in [0.29, 0.717) is 6.42 Å². The summed E-state index contributed by atoms with van der Waals surface area (Å²) in [7, 11) is 1.70. The zero-order chi connectivity index (χ0) is 12.2. The van der Waals surface area contributed by atoms with E-state index in [1.165, 1.54) is 6.42 Å². The van der Waals surface area contributed by atoms with Crippen LogP contribution in [-0.2, 0) is 14.3 Å². The van der Waals surface area contributed by atoms with Gasteiger partial charge in [-0.2, -0.15) is 0 Å². The second-order valence-electron chi connectivity index (χ2n) is 5.71. The first kappa shape index (κ1) is 13.5. The first-order valence-electron chi connectivity index (χ1n) is 6.14. The largest absolute Gasteiger partial charge is 0.460 e. The number of hydrogen-bond acceptors (Lipinski definition) is 3. The van der Waals surface area contributed by atoms with Crippen LogP contribution >= 0.6 is 0 Å². The SMILES string of the molecule is COC1(CC(=O)OC(C)(C)C)CCCCC1. The smallest absolute Gasteiger partial charge is 0.309 e. The lowest BCUT2D eigenvalue weighted by molar-refractivity contribution is -0.163. The number of rotatable bonds is 3. The highest BCUT2D eigenvalue weighted by atomic mass is 16.6. The maximum Gasteiger partial charge on any atom is 0.309 e. The molecule has 0 unspecified atom stereocenters. The topological polar surface area (TPSA) is 35.5 Å². The lowest BCUT2D eigenvalue weighted by Crippen LogP contribution is -2.38. The van der Waals surface area contributed by atoms with Crippen molar-refractivity contribution >= 4 is 5.97 Å². The van der Waals surface area contributed by atoms with E-state index in [4.69, 9.17) is 9.47 Å². The van der Waals surface area contributed by atoms with Gasteiger partial charge in [-0.15, -0.1) is 0 Å². The van der Waals surface area contributed by atoms with Crippen molar-refractivity contribution in [3.63, 3.8) is 0 Å². The van der Waals surface area contributed by atoms with Crippen LogP contribution in [0.5, 0.6) is 0 Å². The van der Waals surface area contributed by atoms with E-state index >= 15 is 0 Å². The van der Waals surface area contributed by atoms with Crippen molar-refractivity contribution in [3.8, 4) is 0 Å². The second kappa shape index (κ2) is 5.17. The van der Waals surface area contributed by atoms with E-state index in [1.807, 2.05) is 20.8 Å². The van der Waals surface area contributed by atoms with Crippen LogP contribution in [-0.4, -0.2) is 24.3 Å². The van der Waals surface area contributed by atoms with Gasteiger partial charge >= 0.3 is 5.97 Å². The molecular formula is C13H24O3. The number of esters is 1. The number of ether oxygens (including phenoxy) is 2. The van der Waals surface area contributed by atoms with Crippen LogP contribution in [0.15, 0.2) is 0 Å². The molecule has 1 aliphatic rings. The second-order valence-corrected chi connectivity index (χ2v) is 5.71. The molecule has 3 nitrogen and oxygen atoms in total. The van der Waals surface area contributed by atoms with Gasteiger partial charge in [-0.3, -0.25) is 4.79 Å². The Hall–Kier alpha value is -0.570. The van der Waals surface area contributed by atoms with Crippen molar-refractivity contribution in [1.82, 2.24) is 0 Å². The van der Waals surface area contributed by atoms with E-state index in [-0.39, 0.29) is 11.6 Å². The highest BCUT2D eigenvalue weighted by molar-refractivity contribution is 5.71. The third kappa shape index (κ3) is 4.12. The fourth-order valence-corrected chi connectivity index (χ4v) is 2.29. The van der Waals surface area contributed by atoms with Gasteiger partial charge in [-0.1, -0.05) is 19.3 Å². The third-order valence-corrected chi connectivity index (χ3v) is 3.08. The molecule has 1 rings (SSSR count). The fourth-order valence-electron chi connectivity index (χ4n) is 2.29. The van der Waals surface area contributed by atoms with Crippen molar-refractivity contribution < 1.29 is 14.3 Å². The molecule has 1 fully saturated rings. The first-order valence-corrected chi connectivity index (χ1v) is 6.14. The molecule has 0 spiro atoms. The molecule has 0 aromatic rings. The predicted octanol–water partition coefficient (Wildman–Crippen LogP) is 3.07. The molecule has 0 radical (unpaired) electrons. The molecule has 1 saturated carbocycles. The molecule has 0 saturated heterocycles. The fraction of sp³-hybridized carbons (Fsp3) is 0.923. The predicted molar refractivity (Wildman–Crippen MR) is 63.3 cm³/mol. The van der Waals surface area contributed by atoms with Crippen LogP contribution in [0.3, 0.4) is 0 Å². The average molecular weight is 228 g/mol. The highest BCUT2D eigenvalue weighted by Crippen LogP contribution is 2.34. The van der Waals surface area contributed by atoms with Crippen molar-refractivity contribution in [2.75, 3.05) is 7.11 Å². The molecule has 94 valence electrons. The zero-order valence-electron chi connectivity index (χ0n) is 11.0. The summed E-state index contributed by atoms with van der Waals surface area (Å²) in [4.78, 5) is 11.8. The third-order valence-electron chi connectivity index (χ3n) is 3.08.